The molecule has 0 aliphatic heterocycles. The predicted octanol–water partition coefficient (Wildman–Crippen LogP) is 8.97. The topological polar surface area (TPSA) is 38.7 Å². The summed E-state index contributed by atoms with van der Waals surface area (Å²) >= 11 is 0. The molecule has 8 aromatic rings. The molecule has 0 N–H and O–H groups in total. The largest absolute Gasteiger partial charge is 0.256 e. The zero-order valence-electron chi connectivity index (χ0n) is 20.5. The van der Waals surface area contributed by atoms with E-state index in [9.17, 15) is 0 Å². The fourth-order valence-electron chi connectivity index (χ4n) is 5.67. The smallest absolute Gasteiger partial charge is 0.0788 e. The van der Waals surface area contributed by atoms with Gasteiger partial charge in [-0.1, -0.05) is 91.0 Å². The number of hydrogen-bond acceptors (Lipinski definition) is 3. The Balaban J connectivity index is 1.44. The van der Waals surface area contributed by atoms with Crippen LogP contribution in [0.1, 0.15) is 0 Å². The fourth-order valence-corrected chi connectivity index (χ4v) is 5.67. The van der Waals surface area contributed by atoms with Crippen molar-refractivity contribution in [3.63, 3.8) is 0 Å². The van der Waals surface area contributed by atoms with Gasteiger partial charge in [-0.05, 0) is 35.7 Å². The Morgan fingerprint density at radius 2 is 1.21 bits per heavy atom. The highest BCUT2D eigenvalue weighted by atomic mass is 14.7. The lowest BCUT2D eigenvalue weighted by molar-refractivity contribution is 1.39. The molecule has 3 heteroatoms. The van der Waals surface area contributed by atoms with Crippen LogP contribution in [-0.4, -0.2) is 15.0 Å². The van der Waals surface area contributed by atoms with Gasteiger partial charge in [0.05, 0.1) is 27.9 Å². The van der Waals surface area contributed by atoms with Crippen LogP contribution in [0, 0.1) is 0 Å². The van der Waals surface area contributed by atoms with Crippen molar-refractivity contribution in [3.05, 3.63) is 128 Å². The lowest BCUT2D eigenvalue weighted by Crippen LogP contribution is -1.93. The number of rotatable bonds is 2. The molecular weight excluding hydrogens is 462 g/mol. The van der Waals surface area contributed by atoms with Crippen molar-refractivity contribution >= 4 is 54.3 Å². The summed E-state index contributed by atoms with van der Waals surface area (Å²) in [5.74, 6) is 0. The molecular formula is C35H21N3. The summed E-state index contributed by atoms with van der Waals surface area (Å²) in [6.45, 7) is 0. The Morgan fingerprint density at radius 1 is 0.447 bits per heavy atom. The van der Waals surface area contributed by atoms with Gasteiger partial charge < -0.3 is 0 Å². The van der Waals surface area contributed by atoms with Crippen molar-refractivity contribution in [2.24, 2.45) is 0 Å². The van der Waals surface area contributed by atoms with Gasteiger partial charge in [-0.2, -0.15) is 0 Å². The molecule has 0 atom stereocenters. The maximum atomic E-state index is 5.20. The number of benzene rings is 5. The van der Waals surface area contributed by atoms with Crippen LogP contribution in [0.4, 0.5) is 0 Å². The lowest BCUT2D eigenvalue weighted by atomic mass is 9.93. The maximum absolute atomic E-state index is 5.20. The minimum Gasteiger partial charge on any atom is -0.256 e. The van der Waals surface area contributed by atoms with Gasteiger partial charge in [-0.25, -0.2) is 9.97 Å². The van der Waals surface area contributed by atoms with Gasteiger partial charge in [0.2, 0.25) is 0 Å². The molecule has 3 nitrogen and oxygen atoms in total. The first-order valence-electron chi connectivity index (χ1n) is 12.8. The normalized spacial score (nSPS) is 11.7. The zero-order valence-corrected chi connectivity index (χ0v) is 20.5. The Bertz CT molecular complexity index is 2200. The number of hydrogen-bond donors (Lipinski definition) is 0. The van der Waals surface area contributed by atoms with Crippen LogP contribution >= 0.6 is 0 Å². The van der Waals surface area contributed by atoms with E-state index >= 15 is 0 Å². The van der Waals surface area contributed by atoms with Crippen LogP contribution in [-0.2, 0) is 0 Å². The van der Waals surface area contributed by atoms with E-state index in [1.54, 1.807) is 0 Å². The number of nitrogens with zero attached hydrogens (tertiary/aromatic N) is 3. The minimum atomic E-state index is 0.955. The van der Waals surface area contributed by atoms with Crippen molar-refractivity contribution in [2.45, 2.75) is 0 Å². The molecule has 3 heterocycles. The Kier molecular flexibility index (Phi) is 4.52. The molecule has 0 radical (unpaired) electrons. The van der Waals surface area contributed by atoms with Gasteiger partial charge in [0.15, 0.2) is 0 Å². The Morgan fingerprint density at radius 3 is 2.18 bits per heavy atom. The van der Waals surface area contributed by atoms with E-state index in [4.69, 9.17) is 15.0 Å². The van der Waals surface area contributed by atoms with Crippen molar-refractivity contribution in [2.75, 3.05) is 0 Å². The van der Waals surface area contributed by atoms with E-state index < -0.39 is 0 Å². The number of para-hydroxylation sites is 2. The first kappa shape index (κ1) is 21.0. The lowest BCUT2D eigenvalue weighted by Gasteiger charge is -2.14. The molecule has 0 saturated heterocycles. The summed E-state index contributed by atoms with van der Waals surface area (Å²) in [5.41, 5.74) is 7.06. The summed E-state index contributed by atoms with van der Waals surface area (Å²) in [7, 11) is 0. The monoisotopic (exact) mass is 483 g/mol. The van der Waals surface area contributed by atoms with E-state index in [1.807, 2.05) is 24.4 Å². The summed E-state index contributed by atoms with van der Waals surface area (Å²) in [6, 6.07) is 42.3. The van der Waals surface area contributed by atoms with Crippen LogP contribution in [0.5, 0.6) is 0 Å². The summed E-state index contributed by atoms with van der Waals surface area (Å²) < 4.78 is 0. The SMILES string of the molecule is c1cc(-c2ccc3ccccc3n2)cc(-c2nc3ccccc3c3c2ccc2ccc4cccnc4c23)c1. The van der Waals surface area contributed by atoms with Crippen LogP contribution in [0.15, 0.2) is 128 Å². The van der Waals surface area contributed by atoms with Gasteiger partial charge in [-0.3, -0.25) is 4.98 Å². The highest BCUT2D eigenvalue weighted by Crippen LogP contribution is 2.39. The van der Waals surface area contributed by atoms with Crippen molar-refractivity contribution in [3.8, 4) is 22.5 Å². The number of aromatic nitrogens is 3. The number of pyridine rings is 3. The van der Waals surface area contributed by atoms with E-state index in [0.717, 1.165) is 60.6 Å². The van der Waals surface area contributed by atoms with E-state index in [1.165, 1.54) is 16.2 Å². The molecule has 3 aromatic heterocycles. The highest BCUT2D eigenvalue weighted by Gasteiger charge is 2.16. The molecule has 0 fully saturated rings. The molecule has 38 heavy (non-hydrogen) atoms. The molecule has 0 aliphatic rings. The molecule has 8 rings (SSSR count). The van der Waals surface area contributed by atoms with E-state index in [2.05, 4.69) is 103 Å². The standard InChI is InChI=1S/C35H21N3/c1-3-12-29-22(7-1)17-19-30(37-29)25-8-5-9-26(21-25)34-28-18-16-23-14-15-24-10-6-20-36-35(24)32(23)33(28)27-11-2-4-13-31(27)38-34/h1-21H. The van der Waals surface area contributed by atoms with Gasteiger partial charge >= 0.3 is 0 Å². The Hall–Kier alpha value is -5.15. The van der Waals surface area contributed by atoms with Crippen LogP contribution in [0.25, 0.3) is 76.8 Å². The first-order valence-corrected chi connectivity index (χ1v) is 12.8. The van der Waals surface area contributed by atoms with Crippen LogP contribution in [0.3, 0.4) is 0 Å². The van der Waals surface area contributed by atoms with Crippen LogP contribution < -0.4 is 0 Å². The molecule has 5 aromatic carbocycles. The van der Waals surface area contributed by atoms with Gasteiger partial charge in [-0.15, -0.1) is 0 Å². The van der Waals surface area contributed by atoms with Crippen molar-refractivity contribution < 1.29 is 0 Å². The minimum absolute atomic E-state index is 0.955. The third-order valence-electron chi connectivity index (χ3n) is 7.45. The predicted molar refractivity (Wildman–Crippen MR) is 158 cm³/mol. The average Bonchev–Trinajstić information content (AvgIpc) is 3.00. The third-order valence-corrected chi connectivity index (χ3v) is 7.45. The second-order valence-electron chi connectivity index (χ2n) is 9.67. The zero-order chi connectivity index (χ0) is 25.1. The van der Waals surface area contributed by atoms with Crippen LogP contribution in [0.2, 0.25) is 0 Å². The summed E-state index contributed by atoms with van der Waals surface area (Å²) in [4.78, 5) is 15.0. The van der Waals surface area contributed by atoms with Gasteiger partial charge in [0, 0.05) is 49.6 Å². The second kappa shape index (κ2) is 8.19. The van der Waals surface area contributed by atoms with Crippen molar-refractivity contribution in [1.82, 2.24) is 15.0 Å². The quantitative estimate of drug-likeness (QED) is 0.230. The average molecular weight is 484 g/mol. The summed E-state index contributed by atoms with van der Waals surface area (Å²) in [6.07, 6.45) is 1.88. The molecule has 0 unspecified atom stereocenters. The summed E-state index contributed by atoms with van der Waals surface area (Å²) in [5, 5.41) is 8.09. The third kappa shape index (κ3) is 3.19. The highest BCUT2D eigenvalue weighted by molar-refractivity contribution is 6.28. The molecule has 0 aliphatic carbocycles. The first-order chi connectivity index (χ1) is 18.8. The molecule has 0 spiro atoms. The van der Waals surface area contributed by atoms with Crippen molar-refractivity contribution in [1.29, 1.82) is 0 Å². The molecule has 0 saturated carbocycles. The molecule has 0 bridgehead atoms. The number of fused-ring (bicyclic) bond motifs is 8. The second-order valence-corrected chi connectivity index (χ2v) is 9.67. The Labute approximate surface area is 219 Å². The molecule has 0 amide bonds. The fraction of sp³-hybridized carbons (Fsp3) is 0. The van der Waals surface area contributed by atoms with E-state index in [0.29, 0.717) is 0 Å². The van der Waals surface area contributed by atoms with E-state index in [-0.39, 0.29) is 0 Å². The van der Waals surface area contributed by atoms with Gasteiger partial charge in [0.1, 0.15) is 0 Å². The molecule has 176 valence electrons. The maximum Gasteiger partial charge on any atom is 0.0788 e. The van der Waals surface area contributed by atoms with Gasteiger partial charge in [0.25, 0.3) is 0 Å².